The molecule has 0 aliphatic carbocycles. The minimum atomic E-state index is -3.54. The first-order valence-corrected chi connectivity index (χ1v) is 7.04. The zero-order valence-electron chi connectivity index (χ0n) is 10.3. The summed E-state index contributed by atoms with van der Waals surface area (Å²) in [5.74, 6) is 0. The van der Waals surface area contributed by atoms with Crippen LogP contribution in [0.25, 0.3) is 0 Å². The van der Waals surface area contributed by atoms with Gasteiger partial charge in [-0.25, -0.2) is 0 Å². The molecular weight excluding hydrogens is 248 g/mol. The second-order valence-corrected chi connectivity index (χ2v) is 5.78. The van der Waals surface area contributed by atoms with Gasteiger partial charge in [0.2, 0.25) is 11.9 Å². The first-order chi connectivity index (χ1) is 8.49. The lowest BCUT2D eigenvalue weighted by atomic mass is 10.2. The van der Waals surface area contributed by atoms with Crippen molar-refractivity contribution >= 4 is 10.0 Å². The molecule has 0 unspecified atom stereocenters. The Bertz CT molecular complexity index is 649. The van der Waals surface area contributed by atoms with Crippen LogP contribution in [0.1, 0.15) is 11.3 Å². The highest BCUT2D eigenvalue weighted by Crippen LogP contribution is 2.09. The maximum atomic E-state index is 12.1. The van der Waals surface area contributed by atoms with E-state index >= 15 is 0 Å². The summed E-state index contributed by atoms with van der Waals surface area (Å²) in [6.45, 7) is 3.75. The first kappa shape index (κ1) is 12.6. The molecule has 5 heteroatoms. The number of aromatic nitrogens is 1. The molecule has 2 rings (SSSR count). The second-order valence-electron chi connectivity index (χ2n) is 4.12. The molecule has 0 saturated heterocycles. The smallest absolute Gasteiger partial charge is 0.197 e. The van der Waals surface area contributed by atoms with Gasteiger partial charge in [-0.3, -0.25) is 0 Å². The summed E-state index contributed by atoms with van der Waals surface area (Å²) < 4.78 is 25.7. The fourth-order valence-corrected chi connectivity index (χ4v) is 2.59. The van der Waals surface area contributed by atoms with E-state index in [0.29, 0.717) is 0 Å². The van der Waals surface area contributed by atoms with Crippen LogP contribution in [0, 0.1) is 13.8 Å². The molecule has 0 bridgehead atoms. The number of pyridine rings is 1. The molecule has 1 heterocycles. The van der Waals surface area contributed by atoms with Gasteiger partial charge in [0, 0.05) is 19.1 Å². The Balaban J connectivity index is 2.33. The quantitative estimate of drug-likeness (QED) is 0.854. The lowest BCUT2D eigenvalue weighted by Gasteiger charge is -2.04. The minimum Gasteiger partial charge on any atom is -0.197 e. The third kappa shape index (κ3) is 2.68. The lowest BCUT2D eigenvalue weighted by Crippen LogP contribution is -2.50. The number of hydrogen-bond acceptors (Lipinski definition) is 2. The van der Waals surface area contributed by atoms with Crippen LogP contribution in [0.3, 0.4) is 0 Å². The van der Waals surface area contributed by atoms with Gasteiger partial charge in [-0.15, -0.1) is 0 Å². The van der Waals surface area contributed by atoms with E-state index in [1.807, 2.05) is 26.0 Å². The summed E-state index contributed by atoms with van der Waals surface area (Å²) in [7, 11) is -3.54. The van der Waals surface area contributed by atoms with Gasteiger partial charge in [0.05, 0.1) is 4.90 Å². The summed E-state index contributed by atoms with van der Waals surface area (Å²) >= 11 is 0. The van der Waals surface area contributed by atoms with Crippen molar-refractivity contribution in [2.24, 2.45) is 0 Å². The van der Waals surface area contributed by atoms with Crippen molar-refractivity contribution in [2.45, 2.75) is 18.7 Å². The predicted octanol–water partition coefficient (Wildman–Crippen LogP) is 1.52. The first-order valence-electron chi connectivity index (χ1n) is 5.56. The Morgan fingerprint density at radius 2 is 1.67 bits per heavy atom. The van der Waals surface area contributed by atoms with E-state index in [4.69, 9.17) is 0 Å². The molecule has 0 aliphatic rings. The highest BCUT2D eigenvalue weighted by Gasteiger charge is 2.19. The molecule has 0 amide bonds. The van der Waals surface area contributed by atoms with Crippen LogP contribution in [-0.4, -0.2) is 8.42 Å². The van der Waals surface area contributed by atoms with E-state index < -0.39 is 10.0 Å². The molecule has 2 aromatic rings. The number of nitrogens with one attached hydrogen (secondary N) is 1. The zero-order chi connectivity index (χ0) is 13.2. The summed E-state index contributed by atoms with van der Waals surface area (Å²) in [4.78, 5) is 2.76. The molecule has 0 spiro atoms. The number of aryl methyl sites for hydroxylation is 2. The normalized spacial score (nSPS) is 11.2. The predicted molar refractivity (Wildman–Crippen MR) is 69.1 cm³/mol. The molecule has 0 fully saturated rings. The summed E-state index contributed by atoms with van der Waals surface area (Å²) in [5.41, 5.74) is 1.84. The Morgan fingerprint density at radius 3 is 2.28 bits per heavy atom. The summed E-state index contributed by atoms with van der Waals surface area (Å²) in [6.07, 6.45) is 1.67. The van der Waals surface area contributed by atoms with Crippen molar-refractivity contribution in [1.29, 1.82) is 0 Å². The summed E-state index contributed by atoms with van der Waals surface area (Å²) in [6, 6.07) is 12.2. The fourth-order valence-electron chi connectivity index (χ4n) is 1.53. The maximum Gasteiger partial charge on any atom is 0.306 e. The van der Waals surface area contributed by atoms with Crippen LogP contribution >= 0.6 is 0 Å². The van der Waals surface area contributed by atoms with Gasteiger partial charge >= 0.3 is 10.0 Å². The average molecular weight is 263 g/mol. The van der Waals surface area contributed by atoms with Crippen molar-refractivity contribution in [1.82, 2.24) is 0 Å². The molecule has 0 atom stereocenters. The number of rotatable bonds is 3. The second kappa shape index (κ2) is 4.78. The lowest BCUT2D eigenvalue weighted by molar-refractivity contribution is -0.643. The van der Waals surface area contributed by atoms with Gasteiger partial charge in [-0.05, 0) is 25.1 Å². The molecule has 1 aromatic heterocycles. The average Bonchev–Trinajstić information content (AvgIpc) is 2.32. The van der Waals surface area contributed by atoms with E-state index in [9.17, 15) is 8.42 Å². The molecule has 94 valence electrons. The molecule has 18 heavy (non-hydrogen) atoms. The molecule has 0 radical (unpaired) electrons. The Labute approximate surface area is 107 Å². The van der Waals surface area contributed by atoms with E-state index in [2.05, 4.69) is 4.83 Å². The number of benzene rings is 1. The van der Waals surface area contributed by atoms with Crippen LogP contribution < -0.4 is 9.51 Å². The van der Waals surface area contributed by atoms with E-state index in [-0.39, 0.29) is 4.90 Å². The van der Waals surface area contributed by atoms with E-state index in [0.717, 1.165) is 11.3 Å². The SMILES string of the molecule is Cc1ccc(S(=O)(=O)N[n+]2ccccc2C)cc1. The largest absolute Gasteiger partial charge is 0.306 e. The number of sulfonamides is 1. The number of nitrogens with zero attached hydrogens (tertiary/aromatic N) is 1. The topological polar surface area (TPSA) is 50.1 Å². The van der Waals surface area contributed by atoms with Crippen LogP contribution in [0.15, 0.2) is 53.6 Å². The maximum absolute atomic E-state index is 12.1. The minimum absolute atomic E-state index is 0.254. The van der Waals surface area contributed by atoms with Crippen LogP contribution in [0.5, 0.6) is 0 Å². The van der Waals surface area contributed by atoms with Gasteiger partial charge in [-0.2, -0.15) is 8.42 Å². The summed E-state index contributed by atoms with van der Waals surface area (Å²) in [5, 5.41) is 0. The molecule has 4 nitrogen and oxygen atoms in total. The fraction of sp³-hybridized carbons (Fsp3) is 0.154. The highest BCUT2D eigenvalue weighted by molar-refractivity contribution is 7.92. The Morgan fingerprint density at radius 1 is 1.00 bits per heavy atom. The van der Waals surface area contributed by atoms with Crippen molar-refractivity contribution in [2.75, 3.05) is 4.83 Å². The van der Waals surface area contributed by atoms with Crippen molar-refractivity contribution in [3.63, 3.8) is 0 Å². The molecule has 1 aromatic carbocycles. The monoisotopic (exact) mass is 263 g/mol. The van der Waals surface area contributed by atoms with Gasteiger partial charge in [0.15, 0.2) is 0 Å². The highest BCUT2D eigenvalue weighted by atomic mass is 32.2. The van der Waals surface area contributed by atoms with Crippen molar-refractivity contribution in [3.8, 4) is 0 Å². The van der Waals surface area contributed by atoms with Crippen molar-refractivity contribution < 1.29 is 13.1 Å². The van der Waals surface area contributed by atoms with Crippen LogP contribution in [0.4, 0.5) is 0 Å². The van der Waals surface area contributed by atoms with E-state index in [1.54, 1.807) is 36.5 Å². The van der Waals surface area contributed by atoms with Gasteiger partial charge in [0.1, 0.15) is 0 Å². The molecular formula is C13H15N2O2S+. The van der Waals surface area contributed by atoms with Gasteiger partial charge in [-0.1, -0.05) is 27.2 Å². The zero-order valence-corrected chi connectivity index (χ0v) is 11.1. The molecule has 1 N–H and O–H groups in total. The van der Waals surface area contributed by atoms with Gasteiger partial charge in [0.25, 0.3) is 0 Å². The van der Waals surface area contributed by atoms with Crippen LogP contribution in [-0.2, 0) is 10.0 Å². The number of hydrogen-bond donors (Lipinski definition) is 1. The Kier molecular flexibility index (Phi) is 3.34. The third-order valence-electron chi connectivity index (χ3n) is 2.61. The third-order valence-corrected chi connectivity index (χ3v) is 3.94. The van der Waals surface area contributed by atoms with Crippen molar-refractivity contribution in [3.05, 3.63) is 59.9 Å². The van der Waals surface area contributed by atoms with E-state index in [1.165, 1.54) is 4.68 Å². The van der Waals surface area contributed by atoms with Gasteiger partial charge < -0.3 is 0 Å². The standard InChI is InChI=1S/C13H15N2O2S/c1-11-6-8-13(9-7-11)18(16,17)14-15-10-4-3-5-12(15)2/h3-10,14H,1-2H3/q+1. The van der Waals surface area contributed by atoms with Crippen LogP contribution in [0.2, 0.25) is 0 Å². The molecule has 0 saturated carbocycles. The Hall–Kier alpha value is -1.88. The molecule has 0 aliphatic heterocycles.